The van der Waals surface area contributed by atoms with Gasteiger partial charge in [0.05, 0.1) is 22.4 Å². The van der Waals surface area contributed by atoms with Gasteiger partial charge in [0.15, 0.2) is 0 Å². The van der Waals surface area contributed by atoms with Gasteiger partial charge in [0.2, 0.25) is 11.8 Å². The van der Waals surface area contributed by atoms with Crippen molar-refractivity contribution in [1.29, 1.82) is 0 Å². The van der Waals surface area contributed by atoms with E-state index in [0.717, 1.165) is 15.9 Å². The van der Waals surface area contributed by atoms with E-state index in [2.05, 4.69) is 26.3 Å². The van der Waals surface area contributed by atoms with E-state index >= 15 is 0 Å². The molecule has 2 amide bonds. The molecule has 1 aliphatic heterocycles. The summed E-state index contributed by atoms with van der Waals surface area (Å²) in [7, 11) is 1.83. The van der Waals surface area contributed by atoms with E-state index in [1.54, 1.807) is 9.58 Å². The predicted octanol–water partition coefficient (Wildman–Crippen LogP) is 0.974. The lowest BCUT2D eigenvalue weighted by Gasteiger charge is -2.34. The highest BCUT2D eigenvalue weighted by molar-refractivity contribution is 9.10. The van der Waals surface area contributed by atoms with Crippen LogP contribution in [0.25, 0.3) is 0 Å². The smallest absolute Gasteiger partial charge is 0.246 e. The molecule has 1 N–H and O–H groups in total. The molecule has 0 spiro atoms. The molecule has 1 aromatic rings. The van der Waals surface area contributed by atoms with Gasteiger partial charge in [0, 0.05) is 7.05 Å². The standard InChI is InChI=1S/C13H19BrN4O2/c1-7(2)12-13(20)18(6-10(19)15-12)5-9-11(14)8(3)16-17(9)4/h7,12H,5-6H2,1-4H3,(H,15,19). The number of nitrogens with one attached hydrogen (secondary N) is 1. The van der Waals surface area contributed by atoms with Crippen LogP contribution in [0.5, 0.6) is 0 Å². The van der Waals surface area contributed by atoms with E-state index in [9.17, 15) is 9.59 Å². The van der Waals surface area contributed by atoms with Gasteiger partial charge in [-0.05, 0) is 28.8 Å². The van der Waals surface area contributed by atoms with Crippen molar-refractivity contribution in [3.8, 4) is 0 Å². The number of piperazine rings is 1. The molecule has 2 rings (SSSR count). The van der Waals surface area contributed by atoms with E-state index in [1.165, 1.54) is 0 Å². The second kappa shape index (κ2) is 5.55. The van der Waals surface area contributed by atoms with Crippen molar-refractivity contribution in [2.45, 2.75) is 33.4 Å². The highest BCUT2D eigenvalue weighted by Gasteiger charge is 2.35. The van der Waals surface area contributed by atoms with Gasteiger partial charge in [-0.25, -0.2) is 0 Å². The van der Waals surface area contributed by atoms with Crippen LogP contribution < -0.4 is 5.32 Å². The first-order valence-corrected chi connectivity index (χ1v) is 7.36. The van der Waals surface area contributed by atoms with Crippen LogP contribution in [-0.4, -0.2) is 39.1 Å². The minimum Gasteiger partial charge on any atom is -0.343 e. The van der Waals surface area contributed by atoms with Crippen LogP contribution in [0.15, 0.2) is 4.47 Å². The largest absolute Gasteiger partial charge is 0.343 e. The summed E-state index contributed by atoms with van der Waals surface area (Å²) in [5.74, 6) is -0.0744. The van der Waals surface area contributed by atoms with Crippen LogP contribution in [-0.2, 0) is 23.2 Å². The lowest BCUT2D eigenvalue weighted by atomic mass is 10.0. The molecule has 1 unspecified atom stereocenters. The zero-order valence-electron chi connectivity index (χ0n) is 12.1. The summed E-state index contributed by atoms with van der Waals surface area (Å²) in [6, 6.07) is -0.440. The van der Waals surface area contributed by atoms with Gasteiger partial charge in [0.25, 0.3) is 0 Å². The summed E-state index contributed by atoms with van der Waals surface area (Å²) in [5.41, 5.74) is 1.77. The fraction of sp³-hybridized carbons (Fsp3) is 0.615. The monoisotopic (exact) mass is 342 g/mol. The van der Waals surface area contributed by atoms with Crippen LogP contribution in [0.4, 0.5) is 0 Å². The number of aryl methyl sites for hydroxylation is 2. The van der Waals surface area contributed by atoms with Crippen molar-refractivity contribution >= 4 is 27.7 Å². The van der Waals surface area contributed by atoms with E-state index in [4.69, 9.17) is 0 Å². The summed E-state index contributed by atoms with van der Waals surface area (Å²) < 4.78 is 2.63. The highest BCUT2D eigenvalue weighted by atomic mass is 79.9. The Morgan fingerprint density at radius 1 is 1.45 bits per heavy atom. The van der Waals surface area contributed by atoms with Crippen LogP contribution in [0.2, 0.25) is 0 Å². The van der Waals surface area contributed by atoms with Crippen LogP contribution in [0, 0.1) is 12.8 Å². The summed E-state index contributed by atoms with van der Waals surface area (Å²) >= 11 is 3.49. The quantitative estimate of drug-likeness (QED) is 0.890. The van der Waals surface area contributed by atoms with Crippen molar-refractivity contribution in [2.24, 2.45) is 13.0 Å². The molecule has 1 saturated heterocycles. The summed E-state index contributed by atoms with van der Waals surface area (Å²) in [6.07, 6.45) is 0. The minimum absolute atomic E-state index is 0.0367. The van der Waals surface area contributed by atoms with Crippen molar-refractivity contribution in [2.75, 3.05) is 6.54 Å². The van der Waals surface area contributed by atoms with Gasteiger partial charge >= 0.3 is 0 Å². The summed E-state index contributed by atoms with van der Waals surface area (Å²) in [5, 5.41) is 7.06. The van der Waals surface area contributed by atoms with Gasteiger partial charge in [-0.1, -0.05) is 13.8 Å². The second-order valence-corrected chi connectivity index (χ2v) is 6.25. The van der Waals surface area contributed by atoms with Crippen molar-refractivity contribution in [3.05, 3.63) is 15.9 Å². The normalized spacial score (nSPS) is 19.7. The molecule has 1 atom stereocenters. The first-order chi connectivity index (χ1) is 9.31. The van der Waals surface area contributed by atoms with Crippen LogP contribution in [0.3, 0.4) is 0 Å². The zero-order valence-corrected chi connectivity index (χ0v) is 13.7. The number of hydrogen-bond donors (Lipinski definition) is 1. The van der Waals surface area contributed by atoms with Crippen molar-refractivity contribution in [3.63, 3.8) is 0 Å². The lowest BCUT2D eigenvalue weighted by molar-refractivity contribution is -0.146. The van der Waals surface area contributed by atoms with Gasteiger partial charge < -0.3 is 10.2 Å². The maximum absolute atomic E-state index is 12.4. The SMILES string of the molecule is Cc1nn(C)c(CN2CC(=O)NC(C(C)C)C2=O)c1Br. The Morgan fingerprint density at radius 3 is 2.60 bits per heavy atom. The molecule has 0 radical (unpaired) electrons. The Hall–Kier alpha value is -1.37. The third kappa shape index (κ3) is 2.72. The lowest BCUT2D eigenvalue weighted by Crippen LogP contribution is -2.59. The van der Waals surface area contributed by atoms with Crippen molar-refractivity contribution in [1.82, 2.24) is 20.0 Å². The van der Waals surface area contributed by atoms with Crippen LogP contribution in [0.1, 0.15) is 25.2 Å². The Labute approximate surface area is 126 Å². The molecule has 1 aliphatic rings. The van der Waals surface area contributed by atoms with E-state index in [1.807, 2.05) is 27.8 Å². The number of amides is 2. The minimum atomic E-state index is -0.440. The third-order valence-corrected chi connectivity index (χ3v) is 4.53. The first kappa shape index (κ1) is 15.0. The Kier molecular flexibility index (Phi) is 4.17. The number of carbonyl (C=O) groups excluding carboxylic acids is 2. The molecule has 110 valence electrons. The molecule has 7 heteroatoms. The summed E-state index contributed by atoms with van der Waals surface area (Å²) in [4.78, 5) is 25.8. The first-order valence-electron chi connectivity index (χ1n) is 6.57. The second-order valence-electron chi connectivity index (χ2n) is 5.45. The van der Waals surface area contributed by atoms with E-state index in [-0.39, 0.29) is 24.3 Å². The molecule has 6 nitrogen and oxygen atoms in total. The number of rotatable bonds is 3. The third-order valence-electron chi connectivity index (χ3n) is 3.50. The number of carbonyl (C=O) groups is 2. The summed E-state index contributed by atoms with van der Waals surface area (Å²) in [6.45, 7) is 6.23. The molecule has 0 bridgehead atoms. The molecule has 1 fully saturated rings. The zero-order chi connectivity index (χ0) is 15.0. The number of halogens is 1. The van der Waals surface area contributed by atoms with E-state index < -0.39 is 6.04 Å². The average Bonchev–Trinajstić information content (AvgIpc) is 2.59. The molecular weight excluding hydrogens is 324 g/mol. The molecule has 20 heavy (non-hydrogen) atoms. The number of aromatic nitrogens is 2. The molecule has 1 aromatic heterocycles. The van der Waals surface area contributed by atoms with Gasteiger partial charge in [-0.2, -0.15) is 5.10 Å². The van der Waals surface area contributed by atoms with E-state index in [0.29, 0.717) is 6.54 Å². The molecule has 0 aromatic carbocycles. The highest BCUT2D eigenvalue weighted by Crippen LogP contribution is 2.23. The fourth-order valence-electron chi connectivity index (χ4n) is 2.35. The topological polar surface area (TPSA) is 67.2 Å². The molecule has 0 saturated carbocycles. The molecule has 2 heterocycles. The fourth-order valence-corrected chi connectivity index (χ4v) is 2.81. The average molecular weight is 343 g/mol. The van der Waals surface area contributed by atoms with Gasteiger partial charge in [-0.15, -0.1) is 0 Å². The van der Waals surface area contributed by atoms with Gasteiger partial charge in [-0.3, -0.25) is 14.3 Å². The molecular formula is C13H19BrN4O2. The van der Waals surface area contributed by atoms with Crippen LogP contribution >= 0.6 is 15.9 Å². The predicted molar refractivity (Wildman–Crippen MR) is 77.8 cm³/mol. The Bertz CT molecular complexity index is 553. The molecule has 0 aliphatic carbocycles. The van der Waals surface area contributed by atoms with Gasteiger partial charge in [0.1, 0.15) is 12.6 Å². The number of nitrogens with zero attached hydrogens (tertiary/aromatic N) is 3. The Balaban J connectivity index is 2.23. The number of hydrogen-bond acceptors (Lipinski definition) is 3. The maximum Gasteiger partial charge on any atom is 0.246 e. The Morgan fingerprint density at radius 2 is 2.10 bits per heavy atom. The van der Waals surface area contributed by atoms with Crippen molar-refractivity contribution < 1.29 is 9.59 Å². The maximum atomic E-state index is 12.4.